The van der Waals surface area contributed by atoms with E-state index in [2.05, 4.69) is 36.1 Å². The second kappa shape index (κ2) is 7.99. The first-order valence-electron chi connectivity index (χ1n) is 12.5. The van der Waals surface area contributed by atoms with Crippen molar-refractivity contribution in [2.75, 3.05) is 32.7 Å². The van der Waals surface area contributed by atoms with Crippen LogP contribution in [0.15, 0.2) is 35.9 Å². The van der Waals surface area contributed by atoms with Gasteiger partial charge in [-0.05, 0) is 92.4 Å². The second-order valence-corrected chi connectivity index (χ2v) is 11.4. The molecule has 174 valence electrons. The fourth-order valence-electron chi connectivity index (χ4n) is 8.08. The molecular formula is C28H39NO3. The van der Waals surface area contributed by atoms with Gasteiger partial charge in [0, 0.05) is 38.2 Å². The minimum absolute atomic E-state index is 0.0129. The van der Waals surface area contributed by atoms with E-state index in [1.54, 1.807) is 7.11 Å². The standard InChI is InChI=1S/C28H39NO3/c1-27-13-11-21-22(25(27)12-14-28(27,31)17-32-4)10-7-19-15-26(30)24(16-23(19)21)18-5-8-20(9-6-18)29(2)3/h5-6,8-9,15,21-25,31H,7,10-14,16-17H2,1-4H3/t21-,22+,23-,24?,25-,27-,28+/m0/s1. The minimum Gasteiger partial charge on any atom is -0.387 e. The van der Waals surface area contributed by atoms with Gasteiger partial charge in [0.1, 0.15) is 0 Å². The van der Waals surface area contributed by atoms with Gasteiger partial charge in [-0.2, -0.15) is 0 Å². The highest BCUT2D eigenvalue weighted by molar-refractivity contribution is 5.97. The zero-order valence-corrected chi connectivity index (χ0v) is 20.1. The number of fused-ring (bicyclic) bond motifs is 5. The number of allylic oxidation sites excluding steroid dienone is 1. The van der Waals surface area contributed by atoms with E-state index in [0.29, 0.717) is 36.1 Å². The minimum atomic E-state index is -0.688. The molecule has 1 N–H and O–H groups in total. The highest BCUT2D eigenvalue weighted by atomic mass is 16.5. The number of rotatable bonds is 4. The lowest BCUT2D eigenvalue weighted by molar-refractivity contribution is -0.145. The van der Waals surface area contributed by atoms with Crippen molar-refractivity contribution in [1.82, 2.24) is 0 Å². The lowest BCUT2D eigenvalue weighted by atomic mass is 9.50. The lowest BCUT2D eigenvalue weighted by Gasteiger charge is -2.56. The molecule has 3 saturated carbocycles. The molecule has 1 aromatic rings. The molecular weight excluding hydrogens is 398 g/mol. The summed E-state index contributed by atoms with van der Waals surface area (Å²) in [6.45, 7) is 2.77. The van der Waals surface area contributed by atoms with Crippen LogP contribution < -0.4 is 4.90 Å². The highest BCUT2D eigenvalue weighted by Gasteiger charge is 2.62. The Balaban J connectivity index is 1.39. The number of aliphatic hydroxyl groups is 1. The van der Waals surface area contributed by atoms with Crippen molar-refractivity contribution in [3.8, 4) is 0 Å². The van der Waals surface area contributed by atoms with Crippen LogP contribution in [0.1, 0.15) is 63.4 Å². The van der Waals surface area contributed by atoms with Crippen LogP contribution in [0.2, 0.25) is 0 Å². The number of hydrogen-bond donors (Lipinski definition) is 1. The molecule has 0 aliphatic heterocycles. The summed E-state index contributed by atoms with van der Waals surface area (Å²) in [7, 11) is 5.80. The van der Waals surface area contributed by atoms with E-state index in [0.717, 1.165) is 44.1 Å². The normalized spacial score (nSPS) is 40.8. The van der Waals surface area contributed by atoms with Crippen LogP contribution >= 0.6 is 0 Å². The molecule has 5 rings (SSSR count). The third kappa shape index (κ3) is 3.28. The molecule has 4 aliphatic rings. The van der Waals surface area contributed by atoms with Gasteiger partial charge in [-0.25, -0.2) is 0 Å². The maximum Gasteiger partial charge on any atom is 0.163 e. The Labute approximate surface area is 193 Å². The number of benzene rings is 1. The summed E-state index contributed by atoms with van der Waals surface area (Å²) in [5.74, 6) is 2.68. The molecule has 7 atom stereocenters. The van der Waals surface area contributed by atoms with Crippen LogP contribution in [0.5, 0.6) is 0 Å². The molecule has 1 unspecified atom stereocenters. The maximum absolute atomic E-state index is 13.1. The molecule has 1 aromatic carbocycles. The molecule has 0 spiro atoms. The van der Waals surface area contributed by atoms with Crippen molar-refractivity contribution in [2.45, 2.75) is 63.4 Å². The van der Waals surface area contributed by atoms with E-state index >= 15 is 0 Å². The van der Waals surface area contributed by atoms with Crippen molar-refractivity contribution in [3.63, 3.8) is 0 Å². The summed E-state index contributed by atoms with van der Waals surface area (Å²) in [5.41, 5.74) is 3.01. The average molecular weight is 438 g/mol. The average Bonchev–Trinajstić information content (AvgIpc) is 3.04. The lowest BCUT2D eigenvalue weighted by Crippen LogP contribution is -2.54. The van der Waals surface area contributed by atoms with Gasteiger partial charge in [0.05, 0.1) is 12.2 Å². The molecule has 0 radical (unpaired) electrons. The fourth-order valence-corrected chi connectivity index (χ4v) is 8.08. The van der Waals surface area contributed by atoms with Crippen molar-refractivity contribution in [3.05, 3.63) is 41.5 Å². The predicted octanol–water partition coefficient (Wildman–Crippen LogP) is 4.97. The molecule has 4 nitrogen and oxygen atoms in total. The summed E-state index contributed by atoms with van der Waals surface area (Å²) in [6.07, 6.45) is 9.39. The molecule has 4 heteroatoms. The molecule has 0 saturated heterocycles. The van der Waals surface area contributed by atoms with Gasteiger partial charge < -0.3 is 14.7 Å². The van der Waals surface area contributed by atoms with Gasteiger partial charge in [0.2, 0.25) is 0 Å². The summed E-state index contributed by atoms with van der Waals surface area (Å²) in [4.78, 5) is 15.2. The first-order valence-corrected chi connectivity index (χ1v) is 12.5. The van der Waals surface area contributed by atoms with E-state index in [-0.39, 0.29) is 11.3 Å². The Morgan fingerprint density at radius 1 is 1.09 bits per heavy atom. The Morgan fingerprint density at radius 3 is 2.53 bits per heavy atom. The first kappa shape index (κ1) is 22.2. The number of nitrogens with zero attached hydrogens (tertiary/aromatic N) is 1. The number of anilines is 1. The predicted molar refractivity (Wildman–Crippen MR) is 128 cm³/mol. The van der Waals surface area contributed by atoms with Crippen molar-refractivity contribution in [1.29, 1.82) is 0 Å². The highest BCUT2D eigenvalue weighted by Crippen LogP contribution is 2.65. The van der Waals surface area contributed by atoms with Crippen LogP contribution in [0.4, 0.5) is 5.69 Å². The fraction of sp³-hybridized carbons (Fsp3) is 0.679. The number of ether oxygens (including phenoxy) is 1. The molecule has 0 amide bonds. The number of methoxy groups -OCH3 is 1. The van der Waals surface area contributed by atoms with E-state index in [9.17, 15) is 9.90 Å². The van der Waals surface area contributed by atoms with Gasteiger partial charge in [-0.15, -0.1) is 0 Å². The molecule has 0 bridgehead atoms. The van der Waals surface area contributed by atoms with Crippen molar-refractivity contribution < 1.29 is 14.6 Å². The van der Waals surface area contributed by atoms with Crippen molar-refractivity contribution in [2.24, 2.45) is 29.1 Å². The second-order valence-electron chi connectivity index (χ2n) is 11.4. The Hall–Kier alpha value is -1.65. The van der Waals surface area contributed by atoms with Crippen LogP contribution in [0.25, 0.3) is 0 Å². The number of hydrogen-bond acceptors (Lipinski definition) is 4. The smallest absolute Gasteiger partial charge is 0.163 e. The zero-order chi connectivity index (χ0) is 22.7. The van der Waals surface area contributed by atoms with Crippen LogP contribution in [-0.4, -0.2) is 44.3 Å². The number of carbonyl (C=O) groups is 1. The Kier molecular flexibility index (Phi) is 5.53. The zero-order valence-electron chi connectivity index (χ0n) is 20.1. The number of ketones is 1. The van der Waals surface area contributed by atoms with Crippen LogP contribution in [0, 0.1) is 29.1 Å². The summed E-state index contributed by atoms with van der Waals surface area (Å²) < 4.78 is 5.46. The van der Waals surface area contributed by atoms with Gasteiger partial charge in [-0.3, -0.25) is 4.79 Å². The van der Waals surface area contributed by atoms with Gasteiger partial charge >= 0.3 is 0 Å². The van der Waals surface area contributed by atoms with Crippen LogP contribution in [-0.2, 0) is 9.53 Å². The molecule has 32 heavy (non-hydrogen) atoms. The van der Waals surface area contributed by atoms with Crippen molar-refractivity contribution >= 4 is 11.5 Å². The number of carbonyl (C=O) groups excluding carboxylic acids is 1. The third-order valence-electron chi connectivity index (χ3n) is 9.93. The third-order valence-corrected chi connectivity index (χ3v) is 9.93. The molecule has 0 heterocycles. The maximum atomic E-state index is 13.1. The van der Waals surface area contributed by atoms with E-state index in [4.69, 9.17) is 4.74 Å². The topological polar surface area (TPSA) is 49.8 Å². The quantitative estimate of drug-likeness (QED) is 0.723. The summed E-state index contributed by atoms with van der Waals surface area (Å²) in [5, 5.41) is 11.5. The first-order chi connectivity index (χ1) is 15.3. The summed E-state index contributed by atoms with van der Waals surface area (Å²) in [6, 6.07) is 8.56. The monoisotopic (exact) mass is 437 g/mol. The van der Waals surface area contributed by atoms with E-state index < -0.39 is 5.60 Å². The van der Waals surface area contributed by atoms with E-state index in [1.165, 1.54) is 17.7 Å². The van der Waals surface area contributed by atoms with Gasteiger partial charge in [0.25, 0.3) is 0 Å². The molecule has 3 fully saturated rings. The van der Waals surface area contributed by atoms with E-state index in [1.807, 2.05) is 20.2 Å². The Bertz CT molecular complexity index is 906. The van der Waals surface area contributed by atoms with Gasteiger partial charge in [-0.1, -0.05) is 24.6 Å². The van der Waals surface area contributed by atoms with Crippen LogP contribution in [0.3, 0.4) is 0 Å². The largest absolute Gasteiger partial charge is 0.387 e. The molecule has 0 aromatic heterocycles. The Morgan fingerprint density at radius 2 is 1.84 bits per heavy atom. The SMILES string of the molecule is COC[C@]1(O)CC[C@H]2[C@@H]3CCC4=CC(=O)C(c5ccc(N(C)C)cc5)C[C@@H]4[C@H]3CC[C@@]21C. The van der Waals surface area contributed by atoms with Gasteiger partial charge in [0.15, 0.2) is 5.78 Å². The summed E-state index contributed by atoms with van der Waals surface area (Å²) >= 11 is 0. The molecule has 4 aliphatic carbocycles.